The molecule has 132 valence electrons. The molecule has 1 N–H and O–H groups in total. The maximum atomic E-state index is 12.9. The average molecular weight is 334 g/mol. The Labute approximate surface area is 143 Å². The van der Waals surface area contributed by atoms with E-state index in [1.165, 1.54) is 12.1 Å². The molecule has 0 aliphatic carbocycles. The van der Waals surface area contributed by atoms with Crippen molar-refractivity contribution in [3.05, 3.63) is 35.6 Å². The summed E-state index contributed by atoms with van der Waals surface area (Å²) in [5.41, 5.74) is 0.575. The molecule has 1 heterocycles. The zero-order valence-electron chi connectivity index (χ0n) is 14.6. The van der Waals surface area contributed by atoms with Gasteiger partial charge in [-0.2, -0.15) is 0 Å². The van der Waals surface area contributed by atoms with Gasteiger partial charge in [0.2, 0.25) is 5.91 Å². The molecule has 24 heavy (non-hydrogen) atoms. The number of nitrogens with one attached hydrogen (secondary N) is 1. The Kier molecular flexibility index (Phi) is 6.91. The van der Waals surface area contributed by atoms with Crippen LogP contribution in [0.3, 0.4) is 0 Å². The van der Waals surface area contributed by atoms with Gasteiger partial charge in [-0.25, -0.2) is 4.39 Å². The third kappa shape index (κ3) is 5.71. The molecule has 0 atom stereocenters. The molecule has 0 radical (unpaired) electrons. The Morgan fingerprint density at radius 2 is 1.83 bits per heavy atom. The fourth-order valence-electron chi connectivity index (χ4n) is 2.91. The number of ketones is 1. The molecule has 4 nitrogen and oxygen atoms in total. The predicted molar refractivity (Wildman–Crippen MR) is 92.4 cm³/mol. The first-order valence-corrected chi connectivity index (χ1v) is 8.77. The quantitative estimate of drug-likeness (QED) is 0.780. The lowest BCUT2D eigenvalue weighted by molar-refractivity contribution is -0.125. The molecule has 1 saturated heterocycles. The minimum Gasteiger partial charge on any atom is -0.353 e. The molecule has 5 heteroatoms. The van der Waals surface area contributed by atoms with Crippen LogP contribution in [0.25, 0.3) is 0 Å². The number of rotatable bonds is 7. The Morgan fingerprint density at radius 1 is 1.21 bits per heavy atom. The van der Waals surface area contributed by atoms with Crippen molar-refractivity contribution in [2.24, 2.45) is 5.92 Å². The fraction of sp³-hybridized carbons (Fsp3) is 0.579. The monoisotopic (exact) mass is 334 g/mol. The van der Waals surface area contributed by atoms with Crippen LogP contribution in [-0.4, -0.2) is 42.3 Å². The van der Waals surface area contributed by atoms with Crippen LogP contribution in [0.2, 0.25) is 0 Å². The summed E-state index contributed by atoms with van der Waals surface area (Å²) in [6.07, 6.45) is 3.21. The van der Waals surface area contributed by atoms with Crippen LogP contribution >= 0.6 is 0 Å². The second-order valence-corrected chi connectivity index (χ2v) is 6.81. The van der Waals surface area contributed by atoms with Gasteiger partial charge in [-0.3, -0.25) is 9.59 Å². The summed E-state index contributed by atoms with van der Waals surface area (Å²) in [6.45, 7) is 6.60. The van der Waals surface area contributed by atoms with E-state index in [1.54, 1.807) is 12.1 Å². The maximum absolute atomic E-state index is 12.9. The Bertz CT molecular complexity index is 549. The zero-order valence-corrected chi connectivity index (χ0v) is 14.6. The first kappa shape index (κ1) is 18.6. The lowest BCUT2D eigenvalue weighted by Gasteiger charge is -2.32. The lowest BCUT2D eigenvalue weighted by Crippen LogP contribution is -2.45. The van der Waals surface area contributed by atoms with Crippen LogP contribution in [0.1, 0.15) is 49.9 Å². The maximum Gasteiger partial charge on any atom is 0.222 e. The molecule has 0 spiro atoms. The van der Waals surface area contributed by atoms with Crippen LogP contribution in [0, 0.1) is 11.7 Å². The summed E-state index contributed by atoms with van der Waals surface area (Å²) in [5, 5.41) is 3.09. The van der Waals surface area contributed by atoms with Crippen LogP contribution in [0.15, 0.2) is 24.3 Å². The molecule has 0 bridgehead atoms. The number of hydrogen-bond acceptors (Lipinski definition) is 3. The van der Waals surface area contributed by atoms with E-state index in [9.17, 15) is 14.0 Å². The van der Waals surface area contributed by atoms with E-state index in [0.29, 0.717) is 12.0 Å². The summed E-state index contributed by atoms with van der Waals surface area (Å²) in [5.74, 6) is -0.105. The number of likely N-dealkylation sites (tertiary alicyclic amines) is 1. The number of benzene rings is 1. The minimum absolute atomic E-state index is 0.0282. The normalized spacial score (nSPS) is 16.3. The zero-order chi connectivity index (χ0) is 17.5. The fourth-order valence-corrected chi connectivity index (χ4v) is 2.91. The number of Topliss-reactive ketones (excluding diaryl/α,β-unsaturated/α-hetero) is 1. The van der Waals surface area contributed by atoms with Gasteiger partial charge in [-0.1, -0.05) is 13.8 Å². The van der Waals surface area contributed by atoms with Crippen molar-refractivity contribution < 1.29 is 14.0 Å². The van der Waals surface area contributed by atoms with Crippen LogP contribution in [0.5, 0.6) is 0 Å². The highest BCUT2D eigenvalue weighted by Crippen LogP contribution is 2.13. The van der Waals surface area contributed by atoms with Crippen molar-refractivity contribution in [1.82, 2.24) is 10.2 Å². The van der Waals surface area contributed by atoms with Gasteiger partial charge in [-0.15, -0.1) is 0 Å². The summed E-state index contributed by atoms with van der Waals surface area (Å²) >= 11 is 0. The van der Waals surface area contributed by atoms with E-state index in [1.807, 2.05) is 13.8 Å². The van der Waals surface area contributed by atoms with Gasteiger partial charge in [0, 0.05) is 37.0 Å². The summed E-state index contributed by atoms with van der Waals surface area (Å²) < 4.78 is 12.9. The van der Waals surface area contributed by atoms with Gasteiger partial charge in [0.25, 0.3) is 0 Å². The Hall–Kier alpha value is -1.75. The molecule has 1 aliphatic rings. The Morgan fingerprint density at radius 3 is 2.42 bits per heavy atom. The number of carbonyl (C=O) groups excluding carboxylic acids is 2. The Balaban J connectivity index is 1.65. The molecule has 1 amide bonds. The largest absolute Gasteiger partial charge is 0.353 e. The standard InChI is InChI=1S/C19H27FN2O2/c1-14(2)19(24)21-17-9-12-22(13-10-17)11-3-4-18(23)15-5-7-16(20)8-6-15/h5-8,14,17H,3-4,9-13H2,1-2H3,(H,21,24). The summed E-state index contributed by atoms with van der Waals surface area (Å²) in [4.78, 5) is 26.1. The minimum atomic E-state index is -0.320. The van der Waals surface area contributed by atoms with Crippen LogP contribution in [-0.2, 0) is 4.79 Å². The van der Waals surface area contributed by atoms with Gasteiger partial charge in [-0.05, 0) is 50.1 Å². The van der Waals surface area contributed by atoms with Crippen molar-refractivity contribution in [1.29, 1.82) is 0 Å². The van der Waals surface area contributed by atoms with E-state index < -0.39 is 0 Å². The van der Waals surface area contributed by atoms with Gasteiger partial charge >= 0.3 is 0 Å². The van der Waals surface area contributed by atoms with Crippen molar-refractivity contribution in [2.45, 2.75) is 45.6 Å². The lowest BCUT2D eigenvalue weighted by atomic mass is 10.0. The van der Waals surface area contributed by atoms with Gasteiger partial charge in [0.15, 0.2) is 5.78 Å². The van der Waals surface area contributed by atoms with E-state index in [4.69, 9.17) is 0 Å². The summed E-state index contributed by atoms with van der Waals surface area (Å²) in [7, 11) is 0. The number of piperidine rings is 1. The number of halogens is 1. The summed E-state index contributed by atoms with van der Waals surface area (Å²) in [6, 6.07) is 6.01. The molecule has 1 fully saturated rings. The van der Waals surface area contributed by atoms with Gasteiger partial charge in [0.1, 0.15) is 5.82 Å². The highest BCUT2D eigenvalue weighted by atomic mass is 19.1. The molecule has 1 aromatic carbocycles. The van der Waals surface area contributed by atoms with Crippen LogP contribution in [0.4, 0.5) is 4.39 Å². The highest BCUT2D eigenvalue weighted by Gasteiger charge is 2.21. The van der Waals surface area contributed by atoms with Gasteiger partial charge in [0.05, 0.1) is 0 Å². The molecule has 1 aromatic rings. The van der Waals surface area contributed by atoms with Crippen LogP contribution < -0.4 is 5.32 Å². The van der Waals surface area contributed by atoms with Crippen molar-refractivity contribution in [3.63, 3.8) is 0 Å². The second kappa shape index (κ2) is 8.92. The SMILES string of the molecule is CC(C)C(=O)NC1CCN(CCCC(=O)c2ccc(F)cc2)CC1. The van der Waals surface area contributed by atoms with E-state index in [0.717, 1.165) is 38.9 Å². The molecule has 0 aromatic heterocycles. The first-order chi connectivity index (χ1) is 11.5. The number of amides is 1. The third-order valence-corrected chi connectivity index (χ3v) is 4.50. The van der Waals surface area contributed by atoms with E-state index >= 15 is 0 Å². The topological polar surface area (TPSA) is 49.4 Å². The van der Waals surface area contributed by atoms with E-state index in [-0.39, 0.29) is 29.5 Å². The van der Waals surface area contributed by atoms with Crippen molar-refractivity contribution >= 4 is 11.7 Å². The molecule has 0 unspecified atom stereocenters. The van der Waals surface area contributed by atoms with Gasteiger partial charge < -0.3 is 10.2 Å². The number of carbonyl (C=O) groups is 2. The second-order valence-electron chi connectivity index (χ2n) is 6.81. The van der Waals surface area contributed by atoms with Crippen molar-refractivity contribution in [2.75, 3.05) is 19.6 Å². The van der Waals surface area contributed by atoms with Crippen molar-refractivity contribution in [3.8, 4) is 0 Å². The first-order valence-electron chi connectivity index (χ1n) is 8.77. The number of hydrogen-bond donors (Lipinski definition) is 1. The molecule has 0 saturated carbocycles. The number of nitrogens with zero attached hydrogens (tertiary/aromatic N) is 1. The van der Waals surface area contributed by atoms with E-state index in [2.05, 4.69) is 10.2 Å². The highest BCUT2D eigenvalue weighted by molar-refractivity contribution is 5.95. The smallest absolute Gasteiger partial charge is 0.222 e. The average Bonchev–Trinajstić information content (AvgIpc) is 2.56. The molecular weight excluding hydrogens is 307 g/mol. The molecular formula is C19H27FN2O2. The predicted octanol–water partition coefficient (Wildman–Crippen LogP) is 3.03. The molecule has 2 rings (SSSR count). The molecule has 1 aliphatic heterocycles. The third-order valence-electron chi connectivity index (χ3n) is 4.50.